The first-order valence-corrected chi connectivity index (χ1v) is 11.3. The molecule has 4 rings (SSSR count). The predicted octanol–water partition coefficient (Wildman–Crippen LogP) is 4.24. The van der Waals surface area contributed by atoms with Crippen molar-refractivity contribution in [1.82, 2.24) is 10.2 Å². The fourth-order valence-electron chi connectivity index (χ4n) is 4.50. The van der Waals surface area contributed by atoms with Crippen LogP contribution in [0.2, 0.25) is 0 Å². The molecule has 2 aliphatic rings. The summed E-state index contributed by atoms with van der Waals surface area (Å²) in [5.74, 6) is -1.78. The maximum absolute atomic E-state index is 12.7. The first-order chi connectivity index (χ1) is 16.0. The number of amides is 2. The number of nitrogens with zero attached hydrogens (tertiary/aromatic N) is 1. The Bertz CT molecular complexity index is 1070. The molecule has 1 aliphatic heterocycles. The van der Waals surface area contributed by atoms with Crippen molar-refractivity contribution in [3.8, 4) is 11.1 Å². The predicted molar refractivity (Wildman–Crippen MR) is 126 cm³/mol. The molecule has 8 heteroatoms. The molecule has 1 unspecified atom stereocenters. The highest BCUT2D eigenvalue weighted by Crippen LogP contribution is 2.44. The zero-order chi connectivity index (χ0) is 24.7. The summed E-state index contributed by atoms with van der Waals surface area (Å²) in [6.45, 7) is 7.16. The van der Waals surface area contributed by atoms with E-state index in [1.165, 1.54) is 11.8 Å². The molecule has 0 spiro atoms. The first kappa shape index (κ1) is 23.6. The first-order valence-electron chi connectivity index (χ1n) is 11.3. The zero-order valence-electron chi connectivity index (χ0n) is 19.8. The number of nitrogens with one attached hydrogen (secondary N) is 1. The van der Waals surface area contributed by atoms with Gasteiger partial charge in [0.05, 0.1) is 0 Å². The van der Waals surface area contributed by atoms with Crippen molar-refractivity contribution in [2.45, 2.75) is 44.8 Å². The summed E-state index contributed by atoms with van der Waals surface area (Å²) in [6.07, 6.45) is -1.31. The third-order valence-corrected chi connectivity index (χ3v) is 6.50. The van der Waals surface area contributed by atoms with Gasteiger partial charge in [-0.15, -0.1) is 0 Å². The van der Waals surface area contributed by atoms with Crippen LogP contribution in [0.3, 0.4) is 0 Å². The van der Waals surface area contributed by atoms with Crippen molar-refractivity contribution >= 4 is 18.2 Å². The second kappa shape index (κ2) is 8.66. The quantitative estimate of drug-likeness (QED) is 0.683. The number of carbonyl (C=O) groups is 3. The van der Waals surface area contributed by atoms with Gasteiger partial charge in [0.25, 0.3) is 0 Å². The topological polar surface area (TPSA) is 105 Å². The minimum absolute atomic E-state index is 0.0876. The van der Waals surface area contributed by atoms with E-state index in [2.05, 4.69) is 5.32 Å². The minimum Gasteiger partial charge on any atom is -0.480 e. The number of benzene rings is 2. The van der Waals surface area contributed by atoms with Gasteiger partial charge in [-0.25, -0.2) is 14.4 Å². The molecule has 2 amide bonds. The summed E-state index contributed by atoms with van der Waals surface area (Å²) in [5.41, 5.74) is 2.14. The number of carboxylic acid groups (broad SMARTS) is 1. The molecule has 2 aromatic carbocycles. The van der Waals surface area contributed by atoms with E-state index in [-0.39, 0.29) is 25.6 Å². The second-order valence-electron chi connectivity index (χ2n) is 10.0. The summed E-state index contributed by atoms with van der Waals surface area (Å²) in [5, 5.41) is 12.4. The van der Waals surface area contributed by atoms with Crippen LogP contribution in [0.1, 0.15) is 44.7 Å². The molecular formula is C26H30N2O6. The fraction of sp³-hybridized carbons (Fsp3) is 0.423. The van der Waals surface area contributed by atoms with Crippen LogP contribution in [-0.4, -0.2) is 59.0 Å². The molecule has 34 heavy (non-hydrogen) atoms. The Kier molecular flexibility index (Phi) is 6.02. The van der Waals surface area contributed by atoms with Gasteiger partial charge in [-0.05, 0) is 49.9 Å². The molecule has 1 aliphatic carbocycles. The Morgan fingerprint density at radius 2 is 1.50 bits per heavy atom. The molecular weight excluding hydrogens is 436 g/mol. The van der Waals surface area contributed by atoms with Gasteiger partial charge < -0.3 is 24.8 Å². The lowest BCUT2D eigenvalue weighted by atomic mass is 9.80. The number of likely N-dealkylation sites (tertiary alicyclic amines) is 1. The molecule has 0 saturated carbocycles. The number of alkyl carbamates (subject to hydrolysis) is 1. The van der Waals surface area contributed by atoms with E-state index in [4.69, 9.17) is 9.47 Å². The lowest BCUT2D eigenvalue weighted by Crippen LogP contribution is -2.67. The number of carbonyl (C=O) groups excluding carboxylic acids is 2. The standard InChI is InChI=1S/C26H30N2O6/c1-25(2,3)34-24(32)28-13-16(14-28)26(4,22(29)30)27-23(31)33-15-21-19-11-7-5-9-17(19)18-10-6-8-12-20(18)21/h5-12,16,21H,13-15H2,1-4H3,(H,27,31)(H,29,30). The summed E-state index contributed by atoms with van der Waals surface area (Å²) in [6, 6.07) is 16.0. The van der Waals surface area contributed by atoms with Gasteiger partial charge in [0.15, 0.2) is 0 Å². The summed E-state index contributed by atoms with van der Waals surface area (Å²) in [7, 11) is 0. The van der Waals surface area contributed by atoms with E-state index in [0.717, 1.165) is 22.3 Å². The smallest absolute Gasteiger partial charge is 0.410 e. The summed E-state index contributed by atoms with van der Waals surface area (Å²) in [4.78, 5) is 38.4. The Morgan fingerprint density at radius 3 is 2.00 bits per heavy atom. The molecule has 0 radical (unpaired) electrons. The highest BCUT2D eigenvalue weighted by atomic mass is 16.6. The number of ether oxygens (including phenoxy) is 2. The molecule has 2 aromatic rings. The Hall–Kier alpha value is -3.55. The largest absolute Gasteiger partial charge is 0.480 e. The van der Waals surface area contributed by atoms with E-state index < -0.39 is 35.2 Å². The third-order valence-electron chi connectivity index (χ3n) is 6.50. The number of aliphatic carboxylic acids is 1. The van der Waals surface area contributed by atoms with Crippen LogP contribution in [0.15, 0.2) is 48.5 Å². The number of fused-ring (bicyclic) bond motifs is 3. The summed E-state index contributed by atoms with van der Waals surface area (Å²) >= 11 is 0. The Morgan fingerprint density at radius 1 is 0.971 bits per heavy atom. The van der Waals surface area contributed by atoms with E-state index in [1.807, 2.05) is 48.5 Å². The minimum atomic E-state index is -1.58. The average Bonchev–Trinajstić information content (AvgIpc) is 3.03. The number of hydrogen-bond donors (Lipinski definition) is 2. The average molecular weight is 467 g/mol. The van der Waals surface area contributed by atoms with Gasteiger partial charge in [-0.1, -0.05) is 48.5 Å². The number of carboxylic acids is 1. The van der Waals surface area contributed by atoms with Gasteiger partial charge in [-0.2, -0.15) is 0 Å². The molecule has 1 fully saturated rings. The van der Waals surface area contributed by atoms with E-state index in [0.29, 0.717) is 0 Å². The third kappa shape index (κ3) is 4.44. The van der Waals surface area contributed by atoms with Crippen LogP contribution >= 0.6 is 0 Å². The van der Waals surface area contributed by atoms with Crippen molar-refractivity contribution < 1.29 is 29.0 Å². The van der Waals surface area contributed by atoms with Crippen molar-refractivity contribution in [1.29, 1.82) is 0 Å². The van der Waals surface area contributed by atoms with Crippen LogP contribution in [0.4, 0.5) is 9.59 Å². The van der Waals surface area contributed by atoms with Gasteiger partial charge in [0.1, 0.15) is 17.7 Å². The van der Waals surface area contributed by atoms with Crippen LogP contribution in [-0.2, 0) is 14.3 Å². The van der Waals surface area contributed by atoms with Crippen LogP contribution in [0.25, 0.3) is 11.1 Å². The van der Waals surface area contributed by atoms with Crippen LogP contribution < -0.4 is 5.32 Å². The van der Waals surface area contributed by atoms with Gasteiger partial charge >= 0.3 is 18.2 Å². The van der Waals surface area contributed by atoms with E-state index in [1.54, 1.807) is 20.8 Å². The number of rotatable bonds is 5. The Balaban J connectivity index is 1.39. The van der Waals surface area contributed by atoms with Gasteiger partial charge in [0.2, 0.25) is 0 Å². The monoisotopic (exact) mass is 466 g/mol. The highest BCUT2D eigenvalue weighted by Gasteiger charge is 2.51. The molecule has 180 valence electrons. The molecule has 2 N–H and O–H groups in total. The van der Waals surface area contributed by atoms with Crippen molar-refractivity contribution in [2.75, 3.05) is 19.7 Å². The normalized spacial score (nSPS) is 17.1. The van der Waals surface area contributed by atoms with Gasteiger partial charge in [0, 0.05) is 24.9 Å². The maximum atomic E-state index is 12.7. The lowest BCUT2D eigenvalue weighted by Gasteiger charge is -2.46. The SMILES string of the molecule is CC(C)(C)OC(=O)N1CC(C(C)(NC(=O)OCC2c3ccccc3-c3ccccc32)C(=O)O)C1. The molecule has 0 aromatic heterocycles. The molecule has 1 saturated heterocycles. The lowest BCUT2D eigenvalue weighted by molar-refractivity contribution is -0.149. The van der Waals surface area contributed by atoms with Crippen LogP contribution in [0, 0.1) is 5.92 Å². The zero-order valence-corrected chi connectivity index (χ0v) is 19.8. The van der Waals surface area contributed by atoms with Crippen molar-refractivity contribution in [2.24, 2.45) is 5.92 Å². The maximum Gasteiger partial charge on any atom is 0.410 e. The van der Waals surface area contributed by atoms with Crippen LogP contribution in [0.5, 0.6) is 0 Å². The molecule has 1 heterocycles. The van der Waals surface area contributed by atoms with Crippen molar-refractivity contribution in [3.05, 3.63) is 59.7 Å². The highest BCUT2D eigenvalue weighted by molar-refractivity contribution is 5.85. The molecule has 1 atom stereocenters. The van der Waals surface area contributed by atoms with E-state index in [9.17, 15) is 19.5 Å². The van der Waals surface area contributed by atoms with Crippen molar-refractivity contribution in [3.63, 3.8) is 0 Å². The molecule has 0 bridgehead atoms. The second-order valence-corrected chi connectivity index (χ2v) is 10.0. The Labute approximate surface area is 198 Å². The number of hydrogen-bond acceptors (Lipinski definition) is 5. The van der Waals surface area contributed by atoms with Gasteiger partial charge in [-0.3, -0.25) is 0 Å². The summed E-state index contributed by atoms with van der Waals surface area (Å²) < 4.78 is 10.9. The molecule has 8 nitrogen and oxygen atoms in total. The van der Waals surface area contributed by atoms with E-state index >= 15 is 0 Å². The fourth-order valence-corrected chi connectivity index (χ4v) is 4.50.